The van der Waals surface area contributed by atoms with Gasteiger partial charge in [0.2, 0.25) is 11.9 Å². The number of morpholine rings is 1. The van der Waals surface area contributed by atoms with Crippen molar-refractivity contribution in [1.82, 2.24) is 14.9 Å². The average molecular weight is 535 g/mol. The Morgan fingerprint density at radius 1 is 1.11 bits per heavy atom. The molecule has 2 N–H and O–H groups in total. The molecule has 2 aliphatic heterocycles. The smallest absolute Gasteiger partial charge is 0.374 e. The number of rotatable bonds is 9. The summed E-state index contributed by atoms with van der Waals surface area (Å²) < 4.78 is 51.9. The maximum Gasteiger partial charge on any atom is 0.421 e. The lowest BCUT2D eigenvalue weighted by Crippen LogP contribution is -2.43. The number of hydrogen-bond acceptors (Lipinski definition) is 8. The van der Waals surface area contributed by atoms with E-state index in [0.717, 1.165) is 31.4 Å². The summed E-state index contributed by atoms with van der Waals surface area (Å²) >= 11 is 0. The summed E-state index contributed by atoms with van der Waals surface area (Å²) in [6.45, 7) is 4.22. The summed E-state index contributed by atoms with van der Waals surface area (Å²) in [7, 11) is 0. The Balaban J connectivity index is 1.20. The van der Waals surface area contributed by atoms with Gasteiger partial charge in [-0.15, -0.1) is 0 Å². The highest BCUT2D eigenvalue weighted by Crippen LogP contribution is 2.37. The van der Waals surface area contributed by atoms with E-state index in [1.165, 1.54) is 12.8 Å². The van der Waals surface area contributed by atoms with Crippen LogP contribution in [0.3, 0.4) is 0 Å². The molecule has 3 fully saturated rings. The fourth-order valence-corrected chi connectivity index (χ4v) is 4.78. The van der Waals surface area contributed by atoms with Crippen molar-refractivity contribution in [3.63, 3.8) is 0 Å². The highest BCUT2D eigenvalue weighted by molar-refractivity contribution is 5.77. The number of carbonyl (C=O) groups excluding carboxylic acids is 1. The SMILES string of the molecule is O=C1COCCCN1CCCNc1nc(Nc2ccc(N3CCOC(C4CC4)C3)cc2)ncc1C(F)(F)F. The minimum Gasteiger partial charge on any atom is -0.374 e. The molecule has 1 atom stereocenters. The van der Waals surface area contributed by atoms with E-state index in [1.54, 1.807) is 4.90 Å². The lowest BCUT2D eigenvalue weighted by molar-refractivity contribution is -0.137. The molecule has 0 bridgehead atoms. The van der Waals surface area contributed by atoms with Crippen LogP contribution in [0.15, 0.2) is 30.5 Å². The molecule has 38 heavy (non-hydrogen) atoms. The normalized spacial score (nSPS) is 20.8. The summed E-state index contributed by atoms with van der Waals surface area (Å²) in [5, 5.41) is 5.79. The van der Waals surface area contributed by atoms with Gasteiger partial charge < -0.3 is 29.9 Å². The van der Waals surface area contributed by atoms with Gasteiger partial charge in [-0.05, 0) is 55.9 Å². The molecule has 0 radical (unpaired) electrons. The number of hydrogen-bond donors (Lipinski definition) is 2. The number of alkyl halides is 3. The largest absolute Gasteiger partial charge is 0.421 e. The molecule has 9 nitrogen and oxygen atoms in total. The van der Waals surface area contributed by atoms with Crippen LogP contribution in [0.4, 0.5) is 36.3 Å². The maximum atomic E-state index is 13.6. The third kappa shape index (κ3) is 6.84. The first kappa shape index (κ1) is 26.5. The number of halogens is 3. The van der Waals surface area contributed by atoms with Crippen molar-refractivity contribution in [2.45, 2.75) is 38.0 Å². The fraction of sp³-hybridized carbons (Fsp3) is 0.577. The average Bonchev–Trinajstić information content (AvgIpc) is 3.76. The van der Waals surface area contributed by atoms with Crippen molar-refractivity contribution in [2.24, 2.45) is 5.92 Å². The van der Waals surface area contributed by atoms with Gasteiger partial charge in [0.15, 0.2) is 0 Å². The zero-order valence-corrected chi connectivity index (χ0v) is 21.2. The number of carbonyl (C=O) groups is 1. The third-order valence-corrected chi connectivity index (χ3v) is 7.02. The van der Waals surface area contributed by atoms with Crippen LogP contribution in [0.5, 0.6) is 0 Å². The molecular weight excluding hydrogens is 501 g/mol. The van der Waals surface area contributed by atoms with Crippen molar-refractivity contribution in [3.8, 4) is 0 Å². The van der Waals surface area contributed by atoms with Crippen molar-refractivity contribution in [2.75, 3.05) is 68.1 Å². The zero-order valence-electron chi connectivity index (χ0n) is 21.2. The molecule has 1 unspecified atom stereocenters. The summed E-state index contributed by atoms with van der Waals surface area (Å²) in [6, 6.07) is 7.70. The van der Waals surface area contributed by atoms with Gasteiger partial charge in [-0.2, -0.15) is 18.2 Å². The molecule has 5 rings (SSSR count). The molecule has 1 aromatic carbocycles. The van der Waals surface area contributed by atoms with Crippen LogP contribution in [0.1, 0.15) is 31.2 Å². The van der Waals surface area contributed by atoms with Gasteiger partial charge in [-0.1, -0.05) is 0 Å². The van der Waals surface area contributed by atoms with Gasteiger partial charge >= 0.3 is 6.18 Å². The monoisotopic (exact) mass is 534 g/mol. The molecule has 3 aliphatic rings. The Morgan fingerprint density at radius 2 is 1.92 bits per heavy atom. The zero-order chi connectivity index (χ0) is 26.5. The second kappa shape index (κ2) is 11.7. The topological polar surface area (TPSA) is 91.8 Å². The number of nitrogens with zero attached hydrogens (tertiary/aromatic N) is 4. The van der Waals surface area contributed by atoms with Gasteiger partial charge in [0.1, 0.15) is 18.0 Å². The van der Waals surface area contributed by atoms with E-state index in [1.807, 2.05) is 24.3 Å². The fourth-order valence-electron chi connectivity index (χ4n) is 4.78. The second-order valence-electron chi connectivity index (χ2n) is 9.89. The highest BCUT2D eigenvalue weighted by atomic mass is 19.4. The molecule has 12 heteroatoms. The number of benzene rings is 1. The maximum absolute atomic E-state index is 13.6. The van der Waals surface area contributed by atoms with E-state index in [-0.39, 0.29) is 36.9 Å². The van der Waals surface area contributed by atoms with Gasteiger partial charge in [-0.3, -0.25) is 4.79 Å². The van der Waals surface area contributed by atoms with E-state index in [9.17, 15) is 18.0 Å². The van der Waals surface area contributed by atoms with E-state index in [2.05, 4.69) is 25.5 Å². The Bertz CT molecular complexity index is 1100. The minimum absolute atomic E-state index is 0.0427. The quantitative estimate of drug-likeness (QED) is 0.468. The standard InChI is InChI=1S/C26H33F3N6O3/c27-26(28,29)21-15-31-25(33-24(21)30-9-1-10-34-11-2-13-37-17-23(34)36)32-19-5-7-20(8-6-19)35-12-14-38-22(16-35)18-3-4-18/h5-8,15,18,22H,1-4,9-14,16-17H2,(H2,30,31,32,33). The predicted molar refractivity (Wildman–Crippen MR) is 137 cm³/mol. The molecule has 2 saturated heterocycles. The van der Waals surface area contributed by atoms with E-state index in [4.69, 9.17) is 9.47 Å². The molecule has 1 aliphatic carbocycles. The van der Waals surface area contributed by atoms with Crippen molar-refractivity contribution in [1.29, 1.82) is 0 Å². The van der Waals surface area contributed by atoms with Crippen LogP contribution in [0.2, 0.25) is 0 Å². The molecule has 206 valence electrons. The molecule has 1 aromatic heterocycles. The number of anilines is 4. The number of nitrogens with one attached hydrogen (secondary N) is 2. The van der Waals surface area contributed by atoms with Crippen molar-refractivity contribution < 1.29 is 27.4 Å². The number of aromatic nitrogens is 2. The van der Waals surface area contributed by atoms with Crippen LogP contribution in [-0.2, 0) is 20.4 Å². The van der Waals surface area contributed by atoms with E-state index in [0.29, 0.717) is 44.3 Å². The predicted octanol–water partition coefficient (Wildman–Crippen LogP) is 3.91. The van der Waals surface area contributed by atoms with Crippen LogP contribution < -0.4 is 15.5 Å². The third-order valence-electron chi connectivity index (χ3n) is 7.02. The van der Waals surface area contributed by atoms with Crippen LogP contribution in [0.25, 0.3) is 0 Å². The van der Waals surface area contributed by atoms with Gasteiger partial charge in [0.05, 0.1) is 12.7 Å². The summed E-state index contributed by atoms with van der Waals surface area (Å²) in [5.41, 5.74) is 0.818. The number of ether oxygens (including phenoxy) is 2. The lowest BCUT2D eigenvalue weighted by Gasteiger charge is -2.34. The van der Waals surface area contributed by atoms with Gasteiger partial charge in [0.25, 0.3) is 0 Å². The Hall–Kier alpha value is -3.12. The van der Waals surface area contributed by atoms with Crippen LogP contribution in [0, 0.1) is 5.92 Å². The Kier molecular flexibility index (Phi) is 8.18. The first-order chi connectivity index (χ1) is 18.4. The summed E-state index contributed by atoms with van der Waals surface area (Å²) in [6.07, 6.45) is 0.155. The van der Waals surface area contributed by atoms with E-state index >= 15 is 0 Å². The molecule has 2 aromatic rings. The van der Waals surface area contributed by atoms with Gasteiger partial charge in [0, 0.05) is 56.9 Å². The first-order valence-corrected chi connectivity index (χ1v) is 13.1. The lowest BCUT2D eigenvalue weighted by atomic mass is 10.1. The van der Waals surface area contributed by atoms with Crippen molar-refractivity contribution >= 4 is 29.0 Å². The highest BCUT2D eigenvalue weighted by Gasteiger charge is 2.36. The van der Waals surface area contributed by atoms with Crippen LogP contribution >= 0.6 is 0 Å². The Morgan fingerprint density at radius 3 is 2.68 bits per heavy atom. The Labute approximate surface area is 219 Å². The van der Waals surface area contributed by atoms with Crippen LogP contribution in [-0.4, -0.2) is 79.4 Å². The molecule has 0 spiro atoms. The molecule has 3 heterocycles. The van der Waals surface area contributed by atoms with Gasteiger partial charge in [-0.25, -0.2) is 4.98 Å². The van der Waals surface area contributed by atoms with Crippen molar-refractivity contribution in [3.05, 3.63) is 36.0 Å². The van der Waals surface area contributed by atoms with E-state index < -0.39 is 11.7 Å². The summed E-state index contributed by atoms with van der Waals surface area (Å²) in [5.74, 6) is 0.337. The second-order valence-corrected chi connectivity index (χ2v) is 9.89. The molecule has 1 saturated carbocycles. The minimum atomic E-state index is -4.60. The molecular formula is C26H33F3N6O3. The number of amides is 1. The first-order valence-electron chi connectivity index (χ1n) is 13.1. The molecule has 1 amide bonds. The summed E-state index contributed by atoms with van der Waals surface area (Å²) in [4.78, 5) is 24.0.